The van der Waals surface area contributed by atoms with Gasteiger partial charge in [0.1, 0.15) is 18.1 Å². The second kappa shape index (κ2) is 12.8. The Morgan fingerprint density at radius 3 is 1.67 bits per heavy atom. The molecule has 0 fully saturated rings. The van der Waals surface area contributed by atoms with Crippen LogP contribution in [0.1, 0.15) is 53.9 Å². The first-order valence-corrected chi connectivity index (χ1v) is 9.92. The zero-order valence-electron chi connectivity index (χ0n) is 18.2. The highest BCUT2D eigenvalue weighted by atomic mass is 16.4. The third-order valence-electron chi connectivity index (χ3n) is 4.17. The molecule has 11 heteroatoms. The molecule has 0 aromatic rings. The topological polar surface area (TPSA) is 194 Å². The van der Waals surface area contributed by atoms with Crippen LogP contribution in [0, 0.1) is 11.8 Å². The van der Waals surface area contributed by atoms with Gasteiger partial charge in [0, 0.05) is 0 Å². The SMILES string of the molecule is CC(C)CC(NC(=O)C(CC(C)C)NC(=O)C(C)NC(=O)C(N)CC(N)=O)C(=O)O. The summed E-state index contributed by atoms with van der Waals surface area (Å²) in [6.07, 6.45) is 0.145. The van der Waals surface area contributed by atoms with Gasteiger partial charge in [0.2, 0.25) is 23.6 Å². The lowest BCUT2D eigenvalue weighted by molar-refractivity contribution is -0.143. The van der Waals surface area contributed by atoms with Crippen molar-refractivity contribution in [1.82, 2.24) is 16.0 Å². The number of carbonyl (C=O) groups is 5. The van der Waals surface area contributed by atoms with Gasteiger partial charge in [0.25, 0.3) is 0 Å². The van der Waals surface area contributed by atoms with Crippen molar-refractivity contribution >= 4 is 29.6 Å². The zero-order chi connectivity index (χ0) is 23.6. The Labute approximate surface area is 176 Å². The fourth-order valence-corrected chi connectivity index (χ4v) is 2.66. The molecule has 0 bridgehead atoms. The van der Waals surface area contributed by atoms with E-state index in [4.69, 9.17) is 11.5 Å². The van der Waals surface area contributed by atoms with Crippen LogP contribution in [-0.2, 0) is 24.0 Å². The highest BCUT2D eigenvalue weighted by molar-refractivity contribution is 5.94. The van der Waals surface area contributed by atoms with Crippen LogP contribution in [0.25, 0.3) is 0 Å². The molecular formula is C19H35N5O6. The van der Waals surface area contributed by atoms with E-state index < -0.39 is 53.8 Å². The van der Waals surface area contributed by atoms with Crippen molar-refractivity contribution in [3.05, 3.63) is 0 Å². The maximum absolute atomic E-state index is 12.6. The normalized spacial score (nSPS) is 15.1. The Morgan fingerprint density at radius 2 is 1.23 bits per heavy atom. The molecule has 4 atom stereocenters. The van der Waals surface area contributed by atoms with Crippen LogP contribution in [0.15, 0.2) is 0 Å². The number of hydrogen-bond donors (Lipinski definition) is 6. The predicted molar refractivity (Wildman–Crippen MR) is 110 cm³/mol. The molecule has 0 spiro atoms. The third-order valence-corrected chi connectivity index (χ3v) is 4.17. The summed E-state index contributed by atoms with van der Waals surface area (Å²) in [5.74, 6) is -3.83. The molecule has 0 aliphatic rings. The number of rotatable bonds is 13. The van der Waals surface area contributed by atoms with Gasteiger partial charge in [-0.2, -0.15) is 0 Å². The van der Waals surface area contributed by atoms with Gasteiger partial charge in [-0.15, -0.1) is 0 Å². The molecule has 4 unspecified atom stereocenters. The van der Waals surface area contributed by atoms with E-state index in [-0.39, 0.29) is 31.1 Å². The van der Waals surface area contributed by atoms with Gasteiger partial charge in [-0.3, -0.25) is 19.2 Å². The van der Waals surface area contributed by atoms with Gasteiger partial charge in [0.05, 0.1) is 12.5 Å². The van der Waals surface area contributed by atoms with E-state index >= 15 is 0 Å². The van der Waals surface area contributed by atoms with Gasteiger partial charge in [-0.1, -0.05) is 27.7 Å². The molecule has 0 heterocycles. The number of aliphatic carboxylic acids is 1. The fraction of sp³-hybridized carbons (Fsp3) is 0.737. The number of amides is 4. The standard InChI is InChI=1S/C19H35N5O6/c1-9(2)6-13(18(28)24-14(19(29)30)7-10(3)4)23-16(26)11(5)22-17(27)12(20)8-15(21)25/h9-14H,6-8,20H2,1-5H3,(H2,21,25)(H,22,27)(H,23,26)(H,24,28)(H,29,30). The van der Waals surface area contributed by atoms with E-state index in [1.54, 1.807) is 0 Å². The molecular weight excluding hydrogens is 394 g/mol. The lowest BCUT2D eigenvalue weighted by Gasteiger charge is -2.25. The molecule has 0 saturated heterocycles. The summed E-state index contributed by atoms with van der Waals surface area (Å²) in [7, 11) is 0. The van der Waals surface area contributed by atoms with Gasteiger partial charge < -0.3 is 32.5 Å². The lowest BCUT2D eigenvalue weighted by atomic mass is 10.0. The zero-order valence-corrected chi connectivity index (χ0v) is 18.2. The summed E-state index contributed by atoms with van der Waals surface area (Å²) in [5.41, 5.74) is 10.5. The second-order valence-electron chi connectivity index (χ2n) is 8.23. The average molecular weight is 430 g/mol. The van der Waals surface area contributed by atoms with E-state index in [9.17, 15) is 29.1 Å². The molecule has 4 amide bonds. The molecule has 30 heavy (non-hydrogen) atoms. The van der Waals surface area contributed by atoms with Gasteiger partial charge in [0.15, 0.2) is 0 Å². The largest absolute Gasteiger partial charge is 0.480 e. The van der Waals surface area contributed by atoms with Crippen LogP contribution >= 0.6 is 0 Å². The number of nitrogens with one attached hydrogen (secondary N) is 3. The predicted octanol–water partition coefficient (Wildman–Crippen LogP) is -1.16. The van der Waals surface area contributed by atoms with Gasteiger partial charge in [-0.25, -0.2) is 4.79 Å². The summed E-state index contributed by atoms with van der Waals surface area (Å²) in [6, 6.07) is -4.29. The number of carboxylic acids is 1. The van der Waals surface area contributed by atoms with Crippen molar-refractivity contribution in [2.24, 2.45) is 23.3 Å². The molecule has 0 saturated carbocycles. The van der Waals surface area contributed by atoms with Crippen LogP contribution in [0.5, 0.6) is 0 Å². The first-order valence-electron chi connectivity index (χ1n) is 9.92. The Bertz CT molecular complexity index is 637. The van der Waals surface area contributed by atoms with E-state index in [1.807, 2.05) is 27.7 Å². The van der Waals surface area contributed by atoms with Crippen LogP contribution in [0.2, 0.25) is 0 Å². The second-order valence-corrected chi connectivity index (χ2v) is 8.23. The summed E-state index contributed by atoms with van der Waals surface area (Å²) < 4.78 is 0. The Balaban J connectivity index is 5.11. The van der Waals surface area contributed by atoms with Crippen molar-refractivity contribution in [2.75, 3.05) is 0 Å². The first-order chi connectivity index (χ1) is 13.7. The Kier molecular flexibility index (Phi) is 11.6. The third kappa shape index (κ3) is 10.7. The van der Waals surface area contributed by atoms with Crippen molar-refractivity contribution < 1.29 is 29.1 Å². The molecule has 0 aliphatic carbocycles. The van der Waals surface area contributed by atoms with E-state index in [0.717, 1.165) is 0 Å². The molecule has 172 valence electrons. The summed E-state index contributed by atoms with van der Waals surface area (Å²) in [6.45, 7) is 8.77. The maximum Gasteiger partial charge on any atom is 0.326 e. The lowest BCUT2D eigenvalue weighted by Crippen LogP contribution is -2.56. The van der Waals surface area contributed by atoms with Crippen molar-refractivity contribution in [3.63, 3.8) is 0 Å². The average Bonchev–Trinajstić information content (AvgIpc) is 2.58. The molecule has 11 nitrogen and oxygen atoms in total. The summed E-state index contributed by atoms with van der Waals surface area (Å²) in [4.78, 5) is 59.3. The molecule has 0 aliphatic heterocycles. The minimum Gasteiger partial charge on any atom is -0.480 e. The van der Waals surface area contributed by atoms with Crippen molar-refractivity contribution in [2.45, 2.75) is 78.0 Å². The molecule has 0 aromatic heterocycles. The van der Waals surface area contributed by atoms with Crippen LogP contribution < -0.4 is 27.4 Å². The molecule has 0 aromatic carbocycles. The Morgan fingerprint density at radius 1 is 0.767 bits per heavy atom. The smallest absolute Gasteiger partial charge is 0.326 e. The highest BCUT2D eigenvalue weighted by Crippen LogP contribution is 2.09. The maximum atomic E-state index is 12.6. The summed E-state index contributed by atoms with van der Waals surface area (Å²) >= 11 is 0. The first kappa shape index (κ1) is 27.3. The fourth-order valence-electron chi connectivity index (χ4n) is 2.66. The van der Waals surface area contributed by atoms with E-state index in [1.165, 1.54) is 6.92 Å². The van der Waals surface area contributed by atoms with Crippen molar-refractivity contribution in [3.8, 4) is 0 Å². The monoisotopic (exact) mass is 429 g/mol. The van der Waals surface area contributed by atoms with Gasteiger partial charge >= 0.3 is 5.97 Å². The number of nitrogens with two attached hydrogens (primary N) is 2. The summed E-state index contributed by atoms with van der Waals surface area (Å²) in [5, 5.41) is 16.7. The van der Waals surface area contributed by atoms with Gasteiger partial charge in [-0.05, 0) is 31.6 Å². The highest BCUT2D eigenvalue weighted by Gasteiger charge is 2.29. The van der Waals surface area contributed by atoms with Crippen LogP contribution in [-0.4, -0.2) is 58.9 Å². The minimum absolute atomic E-state index is 0.0308. The Hall–Kier alpha value is -2.69. The van der Waals surface area contributed by atoms with Crippen LogP contribution in [0.4, 0.5) is 0 Å². The van der Waals surface area contributed by atoms with E-state index in [0.29, 0.717) is 0 Å². The minimum atomic E-state index is -1.19. The molecule has 0 radical (unpaired) electrons. The van der Waals surface area contributed by atoms with Crippen LogP contribution in [0.3, 0.4) is 0 Å². The van der Waals surface area contributed by atoms with E-state index in [2.05, 4.69) is 16.0 Å². The number of carboxylic acid groups (broad SMARTS) is 1. The number of primary amides is 1. The number of carbonyl (C=O) groups excluding carboxylic acids is 4. The quantitative estimate of drug-likeness (QED) is 0.212. The molecule has 0 rings (SSSR count). The van der Waals surface area contributed by atoms with Crippen molar-refractivity contribution in [1.29, 1.82) is 0 Å². The number of hydrogen-bond acceptors (Lipinski definition) is 6. The molecule has 8 N–H and O–H groups in total.